The Morgan fingerprint density at radius 3 is 2.41 bits per heavy atom. The van der Waals surface area contributed by atoms with Crippen molar-refractivity contribution in [3.63, 3.8) is 0 Å². The molecule has 0 spiro atoms. The molecule has 2 fully saturated rings. The van der Waals surface area contributed by atoms with Crippen molar-refractivity contribution in [2.24, 2.45) is 23.7 Å². The van der Waals surface area contributed by atoms with Crippen molar-refractivity contribution in [3.8, 4) is 0 Å². The van der Waals surface area contributed by atoms with Crippen LogP contribution in [0.3, 0.4) is 0 Å². The van der Waals surface area contributed by atoms with E-state index >= 15 is 0 Å². The molecule has 0 bridgehead atoms. The van der Waals surface area contributed by atoms with Gasteiger partial charge in [-0.25, -0.2) is 0 Å². The summed E-state index contributed by atoms with van der Waals surface area (Å²) in [4.78, 5) is 53.3. The molecule has 1 N–H and O–H groups in total. The number of hydrogen-bond donors (Lipinski definition) is 1. The van der Waals surface area contributed by atoms with Crippen LogP contribution in [0.25, 0.3) is 0 Å². The minimum Gasteiger partial charge on any atom is -0.462 e. The van der Waals surface area contributed by atoms with Gasteiger partial charge in [-0.15, -0.1) is 0 Å². The lowest BCUT2D eigenvalue weighted by atomic mass is 9.79. The van der Waals surface area contributed by atoms with Crippen molar-refractivity contribution in [2.75, 3.05) is 14.1 Å². The van der Waals surface area contributed by atoms with Crippen LogP contribution >= 0.6 is 0 Å². The Morgan fingerprint density at radius 2 is 1.80 bits per heavy atom. The number of esters is 2. The minimum absolute atomic E-state index is 0.0471. The molecule has 2 saturated heterocycles. The van der Waals surface area contributed by atoms with Gasteiger partial charge in [-0.05, 0) is 71.7 Å². The Morgan fingerprint density at radius 1 is 1.11 bits per heavy atom. The highest BCUT2D eigenvalue weighted by molar-refractivity contribution is 5.91. The Bertz CT molecular complexity index is 1080. The lowest BCUT2D eigenvalue weighted by molar-refractivity contribution is -0.287. The molecule has 0 saturated carbocycles. The summed E-state index contributed by atoms with van der Waals surface area (Å²) in [5.74, 6) is -2.83. The fraction of sp³-hybridized carbons (Fsp3) is 0.829. The summed E-state index contributed by atoms with van der Waals surface area (Å²) in [6, 6.07) is -0.214. The van der Waals surface area contributed by atoms with Gasteiger partial charge in [-0.3, -0.25) is 14.4 Å². The van der Waals surface area contributed by atoms with Gasteiger partial charge in [0, 0.05) is 30.6 Å². The number of likely N-dealkylation sites (N-methyl/N-ethyl adjacent to an activating group) is 1. The molecule has 3 rings (SSSR count). The van der Waals surface area contributed by atoms with Crippen molar-refractivity contribution < 1.29 is 48.0 Å². The van der Waals surface area contributed by atoms with Crippen molar-refractivity contribution in [2.45, 2.75) is 148 Å². The number of carbonyl (C=O) groups is 4. The van der Waals surface area contributed by atoms with Gasteiger partial charge >= 0.3 is 11.9 Å². The Kier molecular flexibility index (Phi) is 14.0. The van der Waals surface area contributed by atoms with Crippen LogP contribution < -0.4 is 0 Å². The second-order valence-electron chi connectivity index (χ2n) is 14.1. The number of allylic oxidation sites excluding steroid dienone is 1. The summed E-state index contributed by atoms with van der Waals surface area (Å²) >= 11 is 0. The number of fused-ring (bicyclic) bond motifs is 1. The fourth-order valence-electron chi connectivity index (χ4n) is 7.02. The topological polar surface area (TPSA) is 141 Å². The number of epoxide rings is 1. The number of carbonyl (C=O) groups excluding carboxylic acids is 4. The maximum atomic E-state index is 13.4. The summed E-state index contributed by atoms with van der Waals surface area (Å²) in [5.41, 5.74) is -0.657. The number of cyclic esters (lactones) is 1. The number of aliphatic hydroxyl groups is 1. The summed E-state index contributed by atoms with van der Waals surface area (Å²) < 4.78 is 30.8. The number of aldehydes is 1. The summed E-state index contributed by atoms with van der Waals surface area (Å²) in [7, 11) is 3.81. The Hall–Kier alpha value is -2.18. The molecule has 11 nitrogen and oxygen atoms in total. The van der Waals surface area contributed by atoms with E-state index in [2.05, 4.69) is 0 Å². The second-order valence-corrected chi connectivity index (χ2v) is 14.1. The number of aliphatic hydroxyl groups excluding tert-OH is 1. The first-order valence-corrected chi connectivity index (χ1v) is 17.0. The number of hydrogen-bond acceptors (Lipinski definition) is 11. The molecule has 0 unspecified atom stereocenters. The number of ether oxygens (including phenoxy) is 5. The molecule has 3 aliphatic heterocycles. The van der Waals surface area contributed by atoms with E-state index in [-0.39, 0.29) is 61.6 Å². The van der Waals surface area contributed by atoms with Gasteiger partial charge in [0.15, 0.2) is 18.2 Å². The monoisotopic (exact) mass is 651 g/mol. The number of nitrogens with zero attached hydrogens (tertiary/aromatic N) is 1. The van der Waals surface area contributed by atoms with Crippen LogP contribution in [0.5, 0.6) is 0 Å². The molecule has 0 radical (unpaired) electrons. The lowest BCUT2D eigenvalue weighted by Crippen LogP contribution is -2.57. The lowest BCUT2D eigenvalue weighted by Gasteiger charge is -2.45. The molecule has 0 aliphatic carbocycles. The molecule has 13 atom stereocenters. The zero-order valence-electron chi connectivity index (χ0n) is 29.2. The molecule has 262 valence electrons. The fourth-order valence-corrected chi connectivity index (χ4v) is 7.02. The Labute approximate surface area is 274 Å². The van der Waals surface area contributed by atoms with Gasteiger partial charge in [0.1, 0.15) is 18.0 Å². The highest BCUT2D eigenvalue weighted by atomic mass is 16.7. The molecule has 11 heteroatoms. The average molecular weight is 652 g/mol. The molecule has 46 heavy (non-hydrogen) atoms. The first-order valence-electron chi connectivity index (χ1n) is 17.0. The van der Waals surface area contributed by atoms with E-state index in [0.717, 1.165) is 6.29 Å². The summed E-state index contributed by atoms with van der Waals surface area (Å²) in [6.07, 6.45) is 1.45. The largest absolute Gasteiger partial charge is 0.462 e. The molecule has 0 aromatic carbocycles. The van der Waals surface area contributed by atoms with Crippen LogP contribution in [0.15, 0.2) is 12.2 Å². The van der Waals surface area contributed by atoms with E-state index in [0.29, 0.717) is 19.3 Å². The van der Waals surface area contributed by atoms with Gasteiger partial charge < -0.3 is 38.5 Å². The van der Waals surface area contributed by atoms with E-state index in [9.17, 15) is 24.3 Å². The molecule has 3 aliphatic rings. The molecule has 0 aromatic rings. The molecule has 0 amide bonds. The SMILES string of the molecule is CCCC(=O)O[C@H]1[C@H](O[C@H]2[C@@H](CC=O)C[C@@H](C)C(=O)/C=C\[C@]3(C)O[C@H]3[C@H](C)[C@@H](CC)OC(=O)C[C@@H](O)[C@@H]2C)O[C@H](C)C[C@@H]1N(C)C. The molecular weight excluding hydrogens is 594 g/mol. The number of ketones is 1. The van der Waals surface area contributed by atoms with E-state index < -0.39 is 60.0 Å². The standard InChI is InChI=1S/C35H57NO10/c1-10-12-29(40)44-32-25(36(8)9)18-21(4)42-34(32)45-31-22(5)27(39)19-30(41)43-28(11-2)23(6)33-35(7,46-33)15-13-26(38)20(3)17-24(31)14-16-37/h13,15-16,20-25,27-28,31-34,39H,10-12,14,17-19H2,1-9H3/b15-13-/t20-,21-,22+,23-,24+,25+,27-,28-,31-,32-,33+,34+,35+/m1/s1. The van der Waals surface area contributed by atoms with E-state index in [1.54, 1.807) is 19.1 Å². The van der Waals surface area contributed by atoms with E-state index in [1.165, 1.54) is 0 Å². The first-order chi connectivity index (χ1) is 21.6. The van der Waals surface area contributed by atoms with Gasteiger partial charge in [0.05, 0.1) is 36.9 Å². The minimum atomic E-state index is -1.19. The quantitative estimate of drug-likeness (QED) is 0.220. The maximum absolute atomic E-state index is 13.4. The highest BCUT2D eigenvalue weighted by Gasteiger charge is 2.55. The van der Waals surface area contributed by atoms with Crippen LogP contribution in [-0.2, 0) is 42.9 Å². The first kappa shape index (κ1) is 38.3. The predicted octanol–water partition coefficient (Wildman–Crippen LogP) is 4.02. The summed E-state index contributed by atoms with van der Waals surface area (Å²) in [6.45, 7) is 13.2. The van der Waals surface area contributed by atoms with Gasteiger partial charge in [0.25, 0.3) is 0 Å². The average Bonchev–Trinajstić information content (AvgIpc) is 3.68. The van der Waals surface area contributed by atoms with Crippen LogP contribution in [-0.4, -0.2) is 103 Å². The van der Waals surface area contributed by atoms with Crippen LogP contribution in [0.1, 0.15) is 93.4 Å². The van der Waals surface area contributed by atoms with Crippen LogP contribution in [0.4, 0.5) is 0 Å². The highest BCUT2D eigenvalue weighted by Crippen LogP contribution is 2.45. The van der Waals surface area contributed by atoms with Crippen molar-refractivity contribution >= 4 is 24.0 Å². The van der Waals surface area contributed by atoms with Crippen molar-refractivity contribution in [1.82, 2.24) is 4.90 Å². The molecule has 3 heterocycles. The third-order valence-electron chi connectivity index (χ3n) is 9.99. The van der Waals surface area contributed by atoms with Crippen molar-refractivity contribution in [3.05, 3.63) is 12.2 Å². The van der Waals surface area contributed by atoms with Gasteiger partial charge in [-0.1, -0.05) is 34.6 Å². The van der Waals surface area contributed by atoms with E-state index in [4.69, 9.17) is 23.7 Å². The second kappa shape index (κ2) is 16.8. The van der Waals surface area contributed by atoms with Gasteiger partial charge in [-0.2, -0.15) is 0 Å². The zero-order valence-corrected chi connectivity index (χ0v) is 29.2. The van der Waals surface area contributed by atoms with Crippen molar-refractivity contribution in [1.29, 1.82) is 0 Å². The van der Waals surface area contributed by atoms with Gasteiger partial charge in [0.2, 0.25) is 0 Å². The van der Waals surface area contributed by atoms with Crippen LogP contribution in [0.2, 0.25) is 0 Å². The molecular formula is C35H57NO10. The maximum Gasteiger partial charge on any atom is 0.308 e. The number of rotatable bonds is 9. The molecule has 0 aromatic heterocycles. The Balaban J connectivity index is 2.01. The third-order valence-corrected chi connectivity index (χ3v) is 9.99. The predicted molar refractivity (Wildman–Crippen MR) is 171 cm³/mol. The van der Waals surface area contributed by atoms with Crippen LogP contribution in [0, 0.1) is 23.7 Å². The smallest absolute Gasteiger partial charge is 0.308 e. The third kappa shape index (κ3) is 9.69. The summed E-state index contributed by atoms with van der Waals surface area (Å²) in [5, 5.41) is 11.5. The zero-order chi connectivity index (χ0) is 34.3. The van der Waals surface area contributed by atoms with E-state index in [1.807, 2.05) is 60.5 Å². The normalized spacial score (nSPS) is 41.7.